The third kappa shape index (κ3) is 3.04. The van der Waals surface area contributed by atoms with Gasteiger partial charge < -0.3 is 10.6 Å². The molecule has 2 saturated heterocycles. The molecule has 116 valence electrons. The smallest absolute Gasteiger partial charge is 0.242 e. The quantitative estimate of drug-likeness (QED) is 0.825. The van der Waals surface area contributed by atoms with Gasteiger partial charge in [0.1, 0.15) is 10.7 Å². The van der Waals surface area contributed by atoms with Crippen molar-refractivity contribution in [1.82, 2.24) is 9.62 Å². The summed E-state index contributed by atoms with van der Waals surface area (Å²) < 4.78 is 40.6. The van der Waals surface area contributed by atoms with Crippen LogP contribution in [0.25, 0.3) is 0 Å². The Bertz CT molecular complexity index is 635. The first-order valence-electron chi connectivity index (χ1n) is 7.27. The number of anilines is 1. The van der Waals surface area contributed by atoms with Crippen molar-refractivity contribution in [2.24, 2.45) is 0 Å². The first-order chi connectivity index (χ1) is 9.95. The molecule has 7 heteroatoms. The molecular weight excluding hydrogens is 293 g/mol. The number of piperidine rings is 1. The molecule has 1 aromatic carbocycles. The number of nitrogens with zero attached hydrogens (tertiary/aromatic N) is 1. The number of fused-ring (bicyclic) bond motifs is 1. The van der Waals surface area contributed by atoms with Crippen molar-refractivity contribution in [3.05, 3.63) is 24.0 Å². The average molecular weight is 313 g/mol. The fourth-order valence-corrected chi connectivity index (χ4v) is 4.77. The number of rotatable bonds is 3. The fourth-order valence-electron chi connectivity index (χ4n) is 3.38. The molecule has 0 aromatic heterocycles. The second-order valence-corrected chi connectivity index (χ2v) is 7.54. The molecule has 0 radical (unpaired) electrons. The van der Waals surface area contributed by atoms with Crippen molar-refractivity contribution < 1.29 is 12.8 Å². The Hall–Kier alpha value is -1.18. The summed E-state index contributed by atoms with van der Waals surface area (Å²) in [6, 6.07) is 3.78. The summed E-state index contributed by atoms with van der Waals surface area (Å²) in [5, 5.41) is 0. The summed E-state index contributed by atoms with van der Waals surface area (Å²) in [6.07, 6.45) is 3.96. The summed E-state index contributed by atoms with van der Waals surface area (Å²) in [4.78, 5) is 2.38. The number of hydrogen-bond donors (Lipinski definition) is 2. The monoisotopic (exact) mass is 313 g/mol. The van der Waals surface area contributed by atoms with Crippen LogP contribution in [0.1, 0.15) is 25.7 Å². The molecule has 2 atom stereocenters. The number of benzene rings is 1. The van der Waals surface area contributed by atoms with Gasteiger partial charge in [-0.05, 0) is 57.0 Å². The van der Waals surface area contributed by atoms with E-state index in [1.807, 2.05) is 0 Å². The second kappa shape index (κ2) is 5.55. The molecule has 0 amide bonds. The standard InChI is InChI=1S/C14H20FN3O2S/c15-10-3-4-14(13(16)8-10)21(19,20)17-11-5-7-18-6-1-2-12(18)9-11/h3-4,8,11-12,17H,1-2,5-7,9,16H2. The van der Waals surface area contributed by atoms with Crippen LogP contribution < -0.4 is 10.5 Å². The normalized spacial score (nSPS) is 26.7. The Morgan fingerprint density at radius 1 is 1.29 bits per heavy atom. The van der Waals surface area contributed by atoms with E-state index in [1.54, 1.807) is 0 Å². The van der Waals surface area contributed by atoms with Gasteiger partial charge in [-0.15, -0.1) is 0 Å². The van der Waals surface area contributed by atoms with Gasteiger partial charge in [-0.3, -0.25) is 0 Å². The van der Waals surface area contributed by atoms with Crippen LogP contribution in [-0.2, 0) is 10.0 Å². The minimum Gasteiger partial charge on any atom is -0.398 e. The van der Waals surface area contributed by atoms with Crippen molar-refractivity contribution in [3.8, 4) is 0 Å². The van der Waals surface area contributed by atoms with Crippen molar-refractivity contribution in [2.75, 3.05) is 18.8 Å². The largest absolute Gasteiger partial charge is 0.398 e. The molecule has 2 fully saturated rings. The van der Waals surface area contributed by atoms with Gasteiger partial charge in [0.2, 0.25) is 10.0 Å². The molecule has 0 spiro atoms. The highest BCUT2D eigenvalue weighted by atomic mass is 32.2. The average Bonchev–Trinajstić information content (AvgIpc) is 2.85. The zero-order valence-electron chi connectivity index (χ0n) is 11.8. The van der Waals surface area contributed by atoms with Gasteiger partial charge in [0.15, 0.2) is 0 Å². The van der Waals surface area contributed by atoms with Gasteiger partial charge in [0.05, 0.1) is 5.69 Å². The molecule has 2 heterocycles. The third-order valence-electron chi connectivity index (χ3n) is 4.40. The van der Waals surface area contributed by atoms with Gasteiger partial charge >= 0.3 is 0 Å². The van der Waals surface area contributed by atoms with E-state index in [0.717, 1.165) is 44.5 Å². The van der Waals surface area contributed by atoms with Gasteiger partial charge in [0.25, 0.3) is 0 Å². The predicted octanol–water partition coefficient (Wildman–Crippen LogP) is 1.31. The lowest BCUT2D eigenvalue weighted by molar-refractivity contribution is 0.176. The highest BCUT2D eigenvalue weighted by Crippen LogP contribution is 2.28. The van der Waals surface area contributed by atoms with E-state index in [0.29, 0.717) is 6.04 Å². The summed E-state index contributed by atoms with van der Waals surface area (Å²) in [5.41, 5.74) is 5.58. The highest BCUT2D eigenvalue weighted by molar-refractivity contribution is 7.89. The molecule has 0 bridgehead atoms. The van der Waals surface area contributed by atoms with Crippen molar-refractivity contribution in [1.29, 1.82) is 0 Å². The lowest BCUT2D eigenvalue weighted by Gasteiger charge is -2.35. The lowest BCUT2D eigenvalue weighted by atomic mass is 9.99. The second-order valence-electron chi connectivity index (χ2n) is 5.86. The molecule has 5 nitrogen and oxygen atoms in total. The number of nitrogen functional groups attached to an aromatic ring is 1. The first-order valence-corrected chi connectivity index (χ1v) is 8.75. The summed E-state index contributed by atoms with van der Waals surface area (Å²) in [6.45, 7) is 2.05. The van der Waals surface area contributed by atoms with Crippen LogP contribution in [0.5, 0.6) is 0 Å². The maximum Gasteiger partial charge on any atom is 0.242 e. The van der Waals surface area contributed by atoms with E-state index in [-0.39, 0.29) is 16.6 Å². The van der Waals surface area contributed by atoms with Crippen LogP contribution in [0.2, 0.25) is 0 Å². The van der Waals surface area contributed by atoms with Gasteiger partial charge in [-0.2, -0.15) is 0 Å². The molecule has 3 N–H and O–H groups in total. The first kappa shape index (κ1) is 14.7. The Morgan fingerprint density at radius 2 is 2.10 bits per heavy atom. The number of halogens is 1. The van der Waals surface area contributed by atoms with Crippen molar-refractivity contribution in [3.63, 3.8) is 0 Å². The fraction of sp³-hybridized carbons (Fsp3) is 0.571. The molecular formula is C14H20FN3O2S. The third-order valence-corrected chi connectivity index (χ3v) is 6.00. The van der Waals surface area contributed by atoms with Crippen molar-refractivity contribution >= 4 is 15.7 Å². The Labute approximate surface area is 124 Å². The molecule has 0 aliphatic carbocycles. The molecule has 1 aromatic rings. The van der Waals surface area contributed by atoms with Crippen LogP contribution in [0, 0.1) is 5.82 Å². The van der Waals surface area contributed by atoms with Crippen LogP contribution in [0.15, 0.2) is 23.1 Å². The summed E-state index contributed by atoms with van der Waals surface area (Å²) >= 11 is 0. The van der Waals surface area contributed by atoms with Crippen LogP contribution in [0.3, 0.4) is 0 Å². The molecule has 0 saturated carbocycles. The molecule has 3 rings (SSSR count). The number of nitrogens with two attached hydrogens (primary N) is 1. The van der Waals surface area contributed by atoms with Crippen LogP contribution in [0.4, 0.5) is 10.1 Å². The summed E-state index contributed by atoms with van der Waals surface area (Å²) in [7, 11) is -3.70. The Balaban J connectivity index is 1.74. The van der Waals surface area contributed by atoms with Gasteiger partial charge in [0, 0.05) is 12.1 Å². The zero-order valence-corrected chi connectivity index (χ0v) is 12.6. The molecule has 2 unspecified atom stereocenters. The van der Waals surface area contributed by atoms with E-state index in [2.05, 4.69) is 9.62 Å². The van der Waals surface area contributed by atoms with E-state index < -0.39 is 15.8 Å². The molecule has 21 heavy (non-hydrogen) atoms. The molecule has 2 aliphatic heterocycles. The van der Waals surface area contributed by atoms with E-state index in [4.69, 9.17) is 5.73 Å². The van der Waals surface area contributed by atoms with Crippen LogP contribution >= 0.6 is 0 Å². The minimum atomic E-state index is -3.70. The Kier molecular flexibility index (Phi) is 3.90. The number of sulfonamides is 1. The highest BCUT2D eigenvalue weighted by Gasteiger charge is 2.33. The number of nitrogens with one attached hydrogen (secondary N) is 1. The van der Waals surface area contributed by atoms with Crippen LogP contribution in [-0.4, -0.2) is 38.5 Å². The maximum atomic E-state index is 13.0. The Morgan fingerprint density at radius 3 is 2.86 bits per heavy atom. The van der Waals surface area contributed by atoms with Gasteiger partial charge in [-0.25, -0.2) is 17.5 Å². The number of hydrogen-bond acceptors (Lipinski definition) is 4. The predicted molar refractivity (Wildman–Crippen MR) is 78.8 cm³/mol. The molecule has 2 aliphatic rings. The lowest BCUT2D eigenvalue weighted by Crippen LogP contribution is -2.47. The van der Waals surface area contributed by atoms with E-state index in [9.17, 15) is 12.8 Å². The minimum absolute atomic E-state index is 0.0437. The zero-order chi connectivity index (χ0) is 15.0. The topological polar surface area (TPSA) is 75.4 Å². The van der Waals surface area contributed by atoms with E-state index in [1.165, 1.54) is 12.5 Å². The van der Waals surface area contributed by atoms with Gasteiger partial charge in [-0.1, -0.05) is 0 Å². The maximum absolute atomic E-state index is 13.0. The SMILES string of the molecule is Nc1cc(F)ccc1S(=O)(=O)NC1CCN2CCCC2C1. The van der Waals surface area contributed by atoms with Crippen molar-refractivity contribution in [2.45, 2.75) is 42.7 Å². The summed E-state index contributed by atoms with van der Waals surface area (Å²) in [5.74, 6) is -0.536. The van der Waals surface area contributed by atoms with E-state index >= 15 is 0 Å².